The molecule has 0 spiro atoms. The lowest BCUT2D eigenvalue weighted by Gasteiger charge is -2.08. The molecule has 0 unspecified atom stereocenters. The number of carboxylic acid groups (broad SMARTS) is 1. The Morgan fingerprint density at radius 3 is 2.24 bits per heavy atom. The zero-order valence-corrected chi connectivity index (χ0v) is 10.4. The molecule has 0 aromatic heterocycles. The number of carbonyl (C=O) groups excluding carboxylic acids is 1. The molecule has 5 nitrogen and oxygen atoms in total. The molecule has 2 aromatic rings. The number of nitrogens with one attached hydrogen (secondary N) is 1. The topological polar surface area (TPSA) is 86.6 Å². The van der Waals surface area contributed by atoms with Crippen LogP contribution in [-0.2, 0) is 0 Å². The highest BCUT2D eigenvalue weighted by atomic mass is 19.2. The molecule has 0 aliphatic carbocycles. The van der Waals surface area contributed by atoms with Crippen molar-refractivity contribution >= 4 is 17.6 Å². The van der Waals surface area contributed by atoms with E-state index in [1.54, 1.807) is 0 Å². The maximum Gasteiger partial charge on any atom is 0.335 e. The van der Waals surface area contributed by atoms with Gasteiger partial charge in [0.1, 0.15) is 5.75 Å². The smallest absolute Gasteiger partial charge is 0.335 e. The lowest BCUT2D eigenvalue weighted by Crippen LogP contribution is -2.13. The van der Waals surface area contributed by atoms with Crippen molar-refractivity contribution in [3.63, 3.8) is 0 Å². The van der Waals surface area contributed by atoms with Gasteiger partial charge in [0.2, 0.25) is 0 Å². The number of anilines is 1. The third-order valence-corrected chi connectivity index (χ3v) is 2.67. The Hall–Kier alpha value is -2.96. The lowest BCUT2D eigenvalue weighted by atomic mass is 10.1. The molecule has 0 aliphatic rings. The third kappa shape index (κ3) is 3.14. The number of amides is 1. The third-order valence-electron chi connectivity index (χ3n) is 2.67. The summed E-state index contributed by atoms with van der Waals surface area (Å²) in [6.07, 6.45) is 0. The van der Waals surface area contributed by atoms with Crippen LogP contribution >= 0.6 is 0 Å². The molecule has 2 rings (SSSR count). The van der Waals surface area contributed by atoms with Crippen LogP contribution in [0, 0.1) is 11.6 Å². The van der Waals surface area contributed by atoms with Crippen LogP contribution in [0.5, 0.6) is 5.75 Å². The van der Waals surface area contributed by atoms with Crippen LogP contribution in [0.2, 0.25) is 0 Å². The number of benzene rings is 2. The van der Waals surface area contributed by atoms with Crippen molar-refractivity contribution < 1.29 is 28.6 Å². The van der Waals surface area contributed by atoms with Gasteiger partial charge in [-0.3, -0.25) is 4.79 Å². The number of aromatic carboxylic acids is 1. The zero-order chi connectivity index (χ0) is 15.6. The summed E-state index contributed by atoms with van der Waals surface area (Å²) < 4.78 is 25.8. The molecule has 0 heterocycles. The summed E-state index contributed by atoms with van der Waals surface area (Å²) >= 11 is 0. The van der Waals surface area contributed by atoms with Crippen molar-refractivity contribution in [3.05, 3.63) is 59.2 Å². The molecular weight excluding hydrogens is 284 g/mol. The van der Waals surface area contributed by atoms with E-state index in [2.05, 4.69) is 5.32 Å². The van der Waals surface area contributed by atoms with E-state index in [0.717, 1.165) is 30.3 Å². The molecule has 108 valence electrons. The molecule has 0 saturated carbocycles. The van der Waals surface area contributed by atoms with Gasteiger partial charge in [-0.05, 0) is 36.4 Å². The minimum Gasteiger partial charge on any atom is -0.506 e. The van der Waals surface area contributed by atoms with E-state index in [4.69, 9.17) is 5.11 Å². The van der Waals surface area contributed by atoms with E-state index in [0.29, 0.717) is 6.07 Å². The fourth-order valence-electron chi connectivity index (χ4n) is 1.60. The number of carbonyl (C=O) groups is 2. The summed E-state index contributed by atoms with van der Waals surface area (Å²) in [4.78, 5) is 22.7. The van der Waals surface area contributed by atoms with Gasteiger partial charge in [0, 0.05) is 5.56 Å². The van der Waals surface area contributed by atoms with Gasteiger partial charge in [-0.1, -0.05) is 0 Å². The SMILES string of the molecule is O=C(O)c1ccc(O)c(NC(=O)c2ccc(F)c(F)c2)c1. The van der Waals surface area contributed by atoms with Crippen molar-refractivity contribution in [2.24, 2.45) is 0 Å². The van der Waals surface area contributed by atoms with E-state index < -0.39 is 23.5 Å². The fraction of sp³-hybridized carbons (Fsp3) is 0. The molecule has 0 fully saturated rings. The van der Waals surface area contributed by atoms with Crippen LogP contribution in [0.1, 0.15) is 20.7 Å². The largest absolute Gasteiger partial charge is 0.506 e. The molecule has 0 bridgehead atoms. The standard InChI is InChI=1S/C14H9F2NO4/c15-9-3-1-7(5-10(9)16)13(19)17-11-6-8(14(20)21)2-4-12(11)18/h1-6,18H,(H,17,19)(H,20,21). The fourth-order valence-corrected chi connectivity index (χ4v) is 1.60. The molecule has 0 radical (unpaired) electrons. The molecule has 0 saturated heterocycles. The van der Waals surface area contributed by atoms with Gasteiger partial charge in [0.05, 0.1) is 11.3 Å². The van der Waals surface area contributed by atoms with Crippen molar-refractivity contribution in [1.29, 1.82) is 0 Å². The van der Waals surface area contributed by atoms with Gasteiger partial charge < -0.3 is 15.5 Å². The Kier molecular flexibility index (Phi) is 3.84. The maximum atomic E-state index is 13.0. The second-order valence-electron chi connectivity index (χ2n) is 4.12. The predicted octanol–water partition coefficient (Wildman–Crippen LogP) is 2.62. The van der Waals surface area contributed by atoms with Crippen molar-refractivity contribution in [3.8, 4) is 5.75 Å². The minimum atomic E-state index is -1.24. The Bertz CT molecular complexity index is 731. The number of hydrogen-bond donors (Lipinski definition) is 3. The van der Waals surface area contributed by atoms with E-state index in [1.807, 2.05) is 0 Å². The zero-order valence-electron chi connectivity index (χ0n) is 10.4. The van der Waals surface area contributed by atoms with Crippen LogP contribution < -0.4 is 5.32 Å². The first-order valence-electron chi connectivity index (χ1n) is 5.71. The number of carboxylic acids is 1. The summed E-state index contributed by atoms with van der Waals surface area (Å²) in [5.74, 6) is -4.69. The first-order valence-corrected chi connectivity index (χ1v) is 5.71. The lowest BCUT2D eigenvalue weighted by molar-refractivity contribution is 0.0696. The van der Waals surface area contributed by atoms with Crippen LogP contribution in [-0.4, -0.2) is 22.1 Å². The first kappa shape index (κ1) is 14.4. The van der Waals surface area contributed by atoms with E-state index in [1.165, 1.54) is 0 Å². The molecular formula is C14H9F2NO4. The number of rotatable bonds is 3. The first-order chi connectivity index (χ1) is 9.88. The van der Waals surface area contributed by atoms with Gasteiger partial charge in [-0.2, -0.15) is 0 Å². The highest BCUT2D eigenvalue weighted by Gasteiger charge is 2.13. The number of aromatic hydroxyl groups is 1. The second kappa shape index (κ2) is 5.58. The van der Waals surface area contributed by atoms with Crippen molar-refractivity contribution in [1.82, 2.24) is 0 Å². The highest BCUT2D eigenvalue weighted by molar-refractivity contribution is 6.05. The van der Waals surface area contributed by atoms with E-state index >= 15 is 0 Å². The number of phenols is 1. The van der Waals surface area contributed by atoms with Crippen molar-refractivity contribution in [2.75, 3.05) is 5.32 Å². The summed E-state index contributed by atoms with van der Waals surface area (Å²) in [6.45, 7) is 0. The molecule has 3 N–H and O–H groups in total. The number of phenolic OH excluding ortho intramolecular Hbond substituents is 1. The molecule has 1 amide bonds. The maximum absolute atomic E-state index is 13.0. The quantitative estimate of drug-likeness (QED) is 0.759. The van der Waals surface area contributed by atoms with Crippen LogP contribution in [0.15, 0.2) is 36.4 Å². The summed E-state index contributed by atoms with van der Waals surface area (Å²) in [5, 5.41) is 20.6. The van der Waals surface area contributed by atoms with Gasteiger partial charge in [-0.25, -0.2) is 13.6 Å². The summed E-state index contributed by atoms with van der Waals surface area (Å²) in [6, 6.07) is 5.86. The van der Waals surface area contributed by atoms with Gasteiger partial charge in [0.25, 0.3) is 5.91 Å². The second-order valence-corrected chi connectivity index (χ2v) is 4.12. The molecule has 0 atom stereocenters. The summed E-state index contributed by atoms with van der Waals surface area (Å²) in [5.41, 5.74) is -0.466. The Morgan fingerprint density at radius 1 is 0.952 bits per heavy atom. The number of halogens is 2. The molecule has 21 heavy (non-hydrogen) atoms. The Labute approximate surface area is 117 Å². The van der Waals surface area contributed by atoms with Gasteiger partial charge >= 0.3 is 5.97 Å². The van der Waals surface area contributed by atoms with Crippen LogP contribution in [0.25, 0.3) is 0 Å². The predicted molar refractivity (Wildman–Crippen MR) is 69.4 cm³/mol. The average molecular weight is 293 g/mol. The summed E-state index contributed by atoms with van der Waals surface area (Å²) in [7, 11) is 0. The normalized spacial score (nSPS) is 10.2. The molecule has 7 heteroatoms. The monoisotopic (exact) mass is 293 g/mol. The van der Waals surface area contributed by atoms with E-state index in [9.17, 15) is 23.5 Å². The number of hydrogen-bond acceptors (Lipinski definition) is 3. The van der Waals surface area contributed by atoms with Gasteiger partial charge in [0.15, 0.2) is 11.6 Å². The van der Waals surface area contributed by atoms with Gasteiger partial charge in [-0.15, -0.1) is 0 Å². The molecule has 0 aliphatic heterocycles. The molecule has 2 aromatic carbocycles. The van der Waals surface area contributed by atoms with Crippen molar-refractivity contribution in [2.45, 2.75) is 0 Å². The highest BCUT2D eigenvalue weighted by Crippen LogP contribution is 2.25. The average Bonchev–Trinajstić information content (AvgIpc) is 2.43. The van der Waals surface area contributed by atoms with Crippen LogP contribution in [0.3, 0.4) is 0 Å². The minimum absolute atomic E-state index is 0.145. The Morgan fingerprint density at radius 2 is 1.62 bits per heavy atom. The van der Waals surface area contributed by atoms with Crippen LogP contribution in [0.4, 0.5) is 14.5 Å². The Balaban J connectivity index is 2.28. The van der Waals surface area contributed by atoms with E-state index in [-0.39, 0.29) is 22.6 Å².